The van der Waals surface area contributed by atoms with Crippen LogP contribution in [0.2, 0.25) is 0 Å². The van der Waals surface area contributed by atoms with E-state index in [9.17, 15) is 9.59 Å². The van der Waals surface area contributed by atoms with Crippen molar-refractivity contribution < 1.29 is 4.79 Å². The van der Waals surface area contributed by atoms with Gasteiger partial charge in [0.05, 0.1) is 0 Å². The van der Waals surface area contributed by atoms with Crippen molar-refractivity contribution in [2.45, 2.75) is 45.1 Å². The summed E-state index contributed by atoms with van der Waals surface area (Å²) in [5.41, 5.74) is 1.21. The van der Waals surface area contributed by atoms with Crippen LogP contribution in [0, 0.1) is 5.92 Å². The van der Waals surface area contributed by atoms with Crippen LogP contribution in [0.1, 0.15) is 44.2 Å². The summed E-state index contributed by atoms with van der Waals surface area (Å²) in [4.78, 5) is 26.2. The van der Waals surface area contributed by atoms with E-state index in [0.29, 0.717) is 18.3 Å². The van der Waals surface area contributed by atoms with E-state index >= 15 is 0 Å². The fourth-order valence-electron chi connectivity index (χ4n) is 3.59. The minimum absolute atomic E-state index is 0.1000. The number of carbonyl (C=O) groups excluding carboxylic acids is 1. The molecule has 0 aromatic carbocycles. The van der Waals surface area contributed by atoms with Gasteiger partial charge in [-0.05, 0) is 24.8 Å². The zero-order valence-electron chi connectivity index (χ0n) is 12.0. The van der Waals surface area contributed by atoms with E-state index in [0.717, 1.165) is 44.6 Å². The van der Waals surface area contributed by atoms with Gasteiger partial charge in [-0.25, -0.2) is 0 Å². The zero-order chi connectivity index (χ0) is 14.1. The topological polar surface area (TPSA) is 42.3 Å². The Morgan fingerprint density at radius 3 is 2.95 bits per heavy atom. The van der Waals surface area contributed by atoms with E-state index in [1.54, 1.807) is 6.07 Å². The van der Waals surface area contributed by atoms with Gasteiger partial charge < -0.3 is 9.47 Å². The first-order chi connectivity index (χ1) is 9.69. The predicted octanol–water partition coefficient (Wildman–Crippen LogP) is 1.98. The quantitative estimate of drug-likeness (QED) is 0.846. The Morgan fingerprint density at radius 1 is 1.30 bits per heavy atom. The second-order valence-corrected chi connectivity index (χ2v) is 6.10. The molecule has 0 saturated carbocycles. The van der Waals surface area contributed by atoms with E-state index in [2.05, 4.69) is 6.92 Å². The Balaban J connectivity index is 1.80. The van der Waals surface area contributed by atoms with E-state index in [1.165, 1.54) is 0 Å². The number of likely N-dealkylation sites (tertiary alicyclic amines) is 1. The average Bonchev–Trinajstić information content (AvgIpc) is 2.46. The largest absolute Gasteiger partial charge is 0.342 e. The molecule has 0 N–H and O–H groups in total. The van der Waals surface area contributed by atoms with Crippen molar-refractivity contribution in [3.63, 3.8) is 0 Å². The first-order valence-corrected chi connectivity index (χ1v) is 7.66. The lowest BCUT2D eigenvalue weighted by Gasteiger charge is -2.42. The van der Waals surface area contributed by atoms with Gasteiger partial charge >= 0.3 is 0 Å². The molecular formula is C16H22N2O2. The molecule has 4 nitrogen and oxygen atoms in total. The van der Waals surface area contributed by atoms with Crippen molar-refractivity contribution in [1.29, 1.82) is 0 Å². The van der Waals surface area contributed by atoms with E-state index in [4.69, 9.17) is 0 Å². The number of hydrogen-bond donors (Lipinski definition) is 0. The molecule has 1 amide bonds. The summed E-state index contributed by atoms with van der Waals surface area (Å²) < 4.78 is 1.91. The molecule has 3 heterocycles. The Kier molecular flexibility index (Phi) is 3.64. The highest BCUT2D eigenvalue weighted by Crippen LogP contribution is 2.35. The maximum atomic E-state index is 12.2. The van der Waals surface area contributed by atoms with Crippen LogP contribution in [0.25, 0.3) is 0 Å². The van der Waals surface area contributed by atoms with Crippen LogP contribution in [0.3, 0.4) is 0 Å². The fourth-order valence-corrected chi connectivity index (χ4v) is 3.59. The molecule has 2 aliphatic heterocycles. The smallest absolute Gasteiger partial charge is 0.250 e. The van der Waals surface area contributed by atoms with Gasteiger partial charge in [0, 0.05) is 43.7 Å². The summed E-state index contributed by atoms with van der Waals surface area (Å²) in [5.74, 6) is 1.06. The highest BCUT2D eigenvalue weighted by atomic mass is 16.2. The van der Waals surface area contributed by atoms with Crippen LogP contribution in [0.5, 0.6) is 0 Å². The van der Waals surface area contributed by atoms with Gasteiger partial charge in [0.25, 0.3) is 5.56 Å². The number of aromatic nitrogens is 1. The summed E-state index contributed by atoms with van der Waals surface area (Å²) >= 11 is 0. The molecule has 2 bridgehead atoms. The van der Waals surface area contributed by atoms with Gasteiger partial charge in [-0.15, -0.1) is 0 Å². The van der Waals surface area contributed by atoms with Crippen LogP contribution < -0.4 is 5.56 Å². The third kappa shape index (κ3) is 2.39. The van der Waals surface area contributed by atoms with Crippen molar-refractivity contribution in [2.24, 2.45) is 5.92 Å². The number of nitrogens with zero attached hydrogens (tertiary/aromatic N) is 2. The van der Waals surface area contributed by atoms with E-state index < -0.39 is 0 Å². The van der Waals surface area contributed by atoms with Crippen molar-refractivity contribution in [2.75, 3.05) is 13.1 Å². The van der Waals surface area contributed by atoms with Crippen molar-refractivity contribution in [3.8, 4) is 0 Å². The lowest BCUT2D eigenvalue weighted by molar-refractivity contribution is -0.134. The van der Waals surface area contributed by atoms with E-state index in [-0.39, 0.29) is 11.5 Å². The molecule has 2 atom stereocenters. The summed E-state index contributed by atoms with van der Waals surface area (Å²) in [6.07, 6.45) is 3.81. The third-order valence-corrected chi connectivity index (χ3v) is 4.58. The third-order valence-electron chi connectivity index (χ3n) is 4.58. The van der Waals surface area contributed by atoms with Gasteiger partial charge in [0.15, 0.2) is 0 Å². The van der Waals surface area contributed by atoms with Gasteiger partial charge in [-0.2, -0.15) is 0 Å². The number of carbonyl (C=O) groups is 1. The number of fused-ring (bicyclic) bond motifs is 4. The van der Waals surface area contributed by atoms with Crippen molar-refractivity contribution >= 4 is 5.91 Å². The minimum Gasteiger partial charge on any atom is -0.342 e. The highest BCUT2D eigenvalue weighted by molar-refractivity contribution is 5.76. The molecule has 1 aromatic heterocycles. The van der Waals surface area contributed by atoms with Crippen LogP contribution in [-0.4, -0.2) is 28.5 Å². The Labute approximate surface area is 119 Å². The van der Waals surface area contributed by atoms with Gasteiger partial charge in [-0.1, -0.05) is 19.4 Å². The van der Waals surface area contributed by atoms with Gasteiger partial charge in [-0.3, -0.25) is 9.59 Å². The first-order valence-electron chi connectivity index (χ1n) is 7.66. The molecule has 2 aliphatic rings. The van der Waals surface area contributed by atoms with Gasteiger partial charge in [0.1, 0.15) is 0 Å². The van der Waals surface area contributed by atoms with Crippen LogP contribution in [-0.2, 0) is 11.3 Å². The predicted molar refractivity (Wildman–Crippen MR) is 77.7 cm³/mol. The number of rotatable bonds is 3. The minimum atomic E-state index is 0.1000. The SMILES string of the molecule is CCCCC(=O)N1C[C@@H]2C[C@H](C1)c1cccc(=O)n1C2. The molecule has 1 saturated heterocycles. The lowest BCUT2D eigenvalue weighted by atomic mass is 9.83. The number of unbranched alkanes of at least 4 members (excludes halogenated alkanes) is 1. The Morgan fingerprint density at radius 2 is 2.15 bits per heavy atom. The van der Waals surface area contributed by atoms with Crippen LogP contribution in [0.15, 0.2) is 23.0 Å². The van der Waals surface area contributed by atoms with Crippen LogP contribution >= 0.6 is 0 Å². The molecule has 1 fully saturated rings. The maximum Gasteiger partial charge on any atom is 0.250 e. The summed E-state index contributed by atoms with van der Waals surface area (Å²) in [5, 5.41) is 0. The first kappa shape index (κ1) is 13.4. The molecule has 4 heteroatoms. The molecule has 1 aromatic rings. The van der Waals surface area contributed by atoms with Crippen LogP contribution in [0.4, 0.5) is 0 Å². The molecule has 0 unspecified atom stereocenters. The second kappa shape index (κ2) is 5.43. The summed E-state index contributed by atoms with van der Waals surface area (Å²) in [6, 6.07) is 5.52. The second-order valence-electron chi connectivity index (χ2n) is 6.10. The van der Waals surface area contributed by atoms with E-state index in [1.807, 2.05) is 21.6 Å². The number of amides is 1. The fraction of sp³-hybridized carbons (Fsp3) is 0.625. The summed E-state index contributed by atoms with van der Waals surface area (Å²) in [7, 11) is 0. The zero-order valence-corrected chi connectivity index (χ0v) is 12.0. The molecule has 108 valence electrons. The molecular weight excluding hydrogens is 252 g/mol. The summed E-state index contributed by atoms with van der Waals surface area (Å²) in [6.45, 7) is 4.48. The Bertz CT molecular complexity index is 564. The standard InChI is InChI=1S/C16H22N2O2/c1-2-3-6-15(19)17-9-12-8-13(11-17)14-5-4-7-16(20)18(14)10-12/h4-5,7,12-13H,2-3,6,8-11H2,1H3/t12-,13+/m0/s1. The average molecular weight is 274 g/mol. The maximum absolute atomic E-state index is 12.2. The number of hydrogen-bond acceptors (Lipinski definition) is 2. The molecule has 20 heavy (non-hydrogen) atoms. The van der Waals surface area contributed by atoms with Crippen molar-refractivity contribution in [1.82, 2.24) is 9.47 Å². The van der Waals surface area contributed by atoms with Crippen molar-refractivity contribution in [3.05, 3.63) is 34.2 Å². The molecule has 0 aliphatic carbocycles. The molecule has 0 radical (unpaired) electrons. The molecule has 0 spiro atoms. The Hall–Kier alpha value is -1.58. The number of piperidine rings is 1. The van der Waals surface area contributed by atoms with Gasteiger partial charge in [0.2, 0.25) is 5.91 Å². The highest BCUT2D eigenvalue weighted by Gasteiger charge is 2.35. The normalized spacial score (nSPS) is 24.4. The number of pyridine rings is 1. The lowest BCUT2D eigenvalue weighted by Crippen LogP contribution is -2.49. The monoisotopic (exact) mass is 274 g/mol. The molecule has 3 rings (SSSR count).